The summed E-state index contributed by atoms with van der Waals surface area (Å²) in [5.74, 6) is -0.866. The lowest BCUT2D eigenvalue weighted by Gasteiger charge is -2.26. The normalized spacial score (nSPS) is 25.6. The molecule has 2 heterocycles. The van der Waals surface area contributed by atoms with Crippen molar-refractivity contribution in [3.8, 4) is 0 Å². The van der Waals surface area contributed by atoms with Gasteiger partial charge in [0.15, 0.2) is 12.3 Å². The number of carbonyl (C=O) groups excluding carboxylic acids is 4. The SMILES string of the molecule is CCN1C(=O)N(C(C)=O)[C@@H]2[C@H]1N(C(C)=O)C(=O)N2CC. The van der Waals surface area contributed by atoms with Gasteiger partial charge in [0.25, 0.3) is 0 Å². The molecule has 2 saturated heterocycles. The van der Waals surface area contributed by atoms with E-state index in [0.29, 0.717) is 13.1 Å². The fraction of sp³-hybridized carbons (Fsp3) is 0.667. The molecular weight excluding hydrogens is 264 g/mol. The van der Waals surface area contributed by atoms with Gasteiger partial charge in [0.05, 0.1) is 0 Å². The molecule has 8 heteroatoms. The first-order valence-corrected chi connectivity index (χ1v) is 6.57. The van der Waals surface area contributed by atoms with Crippen molar-refractivity contribution in [3.05, 3.63) is 0 Å². The molecule has 2 rings (SSSR count). The summed E-state index contributed by atoms with van der Waals surface area (Å²) in [4.78, 5) is 52.9. The molecule has 110 valence electrons. The van der Waals surface area contributed by atoms with Crippen molar-refractivity contribution in [2.45, 2.75) is 40.0 Å². The van der Waals surface area contributed by atoms with Gasteiger partial charge in [-0.25, -0.2) is 19.4 Å². The molecule has 2 aliphatic heterocycles. The van der Waals surface area contributed by atoms with Crippen LogP contribution in [0.2, 0.25) is 0 Å². The van der Waals surface area contributed by atoms with Crippen molar-refractivity contribution in [1.29, 1.82) is 0 Å². The Labute approximate surface area is 116 Å². The zero-order valence-electron chi connectivity index (χ0n) is 12.0. The maximum Gasteiger partial charge on any atom is 0.330 e. The fourth-order valence-corrected chi connectivity index (χ4v) is 2.88. The Morgan fingerprint density at radius 2 is 1.15 bits per heavy atom. The molecule has 2 aliphatic rings. The van der Waals surface area contributed by atoms with E-state index in [2.05, 4.69) is 0 Å². The Kier molecular flexibility index (Phi) is 3.41. The molecule has 0 saturated carbocycles. The van der Waals surface area contributed by atoms with E-state index < -0.39 is 36.2 Å². The number of rotatable bonds is 2. The van der Waals surface area contributed by atoms with Crippen LogP contribution in [0.1, 0.15) is 27.7 Å². The number of carbonyl (C=O) groups is 4. The van der Waals surface area contributed by atoms with Crippen LogP contribution in [0, 0.1) is 0 Å². The molecule has 0 bridgehead atoms. The van der Waals surface area contributed by atoms with Gasteiger partial charge >= 0.3 is 12.1 Å². The third-order valence-electron chi connectivity index (χ3n) is 3.70. The molecule has 0 aliphatic carbocycles. The standard InChI is InChI=1S/C12H18N4O4/c1-5-13-9-10(16(8(4)18)11(13)19)14(6-2)12(20)15(9)7(3)17/h9-10H,5-6H2,1-4H3/t9-,10-/m1/s1. The molecule has 0 spiro atoms. The van der Waals surface area contributed by atoms with E-state index >= 15 is 0 Å². The molecular formula is C12H18N4O4. The van der Waals surface area contributed by atoms with Crippen LogP contribution in [0.25, 0.3) is 0 Å². The van der Waals surface area contributed by atoms with Gasteiger partial charge in [-0.1, -0.05) is 0 Å². The van der Waals surface area contributed by atoms with Gasteiger partial charge in [-0.3, -0.25) is 19.4 Å². The third-order valence-corrected chi connectivity index (χ3v) is 3.70. The van der Waals surface area contributed by atoms with E-state index in [1.807, 2.05) is 0 Å². The second-order valence-corrected chi connectivity index (χ2v) is 4.74. The Hall–Kier alpha value is -2.12. The van der Waals surface area contributed by atoms with E-state index in [0.717, 1.165) is 9.80 Å². The monoisotopic (exact) mass is 282 g/mol. The molecule has 8 nitrogen and oxygen atoms in total. The summed E-state index contributed by atoms with van der Waals surface area (Å²) in [6.45, 7) is 6.69. The molecule has 20 heavy (non-hydrogen) atoms. The second-order valence-electron chi connectivity index (χ2n) is 4.74. The molecule has 0 N–H and O–H groups in total. The Bertz CT molecular complexity index is 448. The number of hydrogen-bond donors (Lipinski definition) is 0. The van der Waals surface area contributed by atoms with E-state index in [1.165, 1.54) is 23.6 Å². The number of hydrogen-bond acceptors (Lipinski definition) is 4. The van der Waals surface area contributed by atoms with Gasteiger partial charge in [0.2, 0.25) is 11.8 Å². The van der Waals surface area contributed by atoms with Crippen LogP contribution < -0.4 is 0 Å². The molecule has 0 unspecified atom stereocenters. The summed E-state index contributed by atoms with van der Waals surface area (Å²) in [7, 11) is 0. The van der Waals surface area contributed by atoms with Crippen molar-refractivity contribution >= 4 is 23.9 Å². The predicted molar refractivity (Wildman–Crippen MR) is 68.2 cm³/mol. The summed E-state index contributed by atoms with van der Waals surface area (Å²) in [6, 6.07) is -0.931. The topological polar surface area (TPSA) is 81.2 Å². The lowest BCUT2D eigenvalue weighted by Crippen LogP contribution is -2.48. The highest BCUT2D eigenvalue weighted by Gasteiger charge is 2.60. The Balaban J connectivity index is 2.54. The summed E-state index contributed by atoms with van der Waals surface area (Å²) >= 11 is 0. The summed E-state index contributed by atoms with van der Waals surface area (Å²) in [5.41, 5.74) is 0. The van der Waals surface area contributed by atoms with Gasteiger partial charge in [-0.05, 0) is 13.8 Å². The maximum absolute atomic E-state index is 12.3. The van der Waals surface area contributed by atoms with Crippen LogP contribution in [-0.4, -0.2) is 68.9 Å². The molecule has 2 atom stereocenters. The number of imide groups is 2. The van der Waals surface area contributed by atoms with Crippen molar-refractivity contribution in [1.82, 2.24) is 19.6 Å². The van der Waals surface area contributed by atoms with Crippen LogP contribution >= 0.6 is 0 Å². The first-order valence-electron chi connectivity index (χ1n) is 6.57. The average Bonchev–Trinajstić information content (AvgIpc) is 2.78. The molecule has 0 radical (unpaired) electrons. The minimum atomic E-state index is -0.735. The van der Waals surface area contributed by atoms with Gasteiger partial charge in [-0.2, -0.15) is 0 Å². The van der Waals surface area contributed by atoms with Gasteiger partial charge in [0.1, 0.15) is 0 Å². The fourth-order valence-electron chi connectivity index (χ4n) is 2.88. The zero-order chi connectivity index (χ0) is 15.2. The molecule has 2 fully saturated rings. The highest BCUT2D eigenvalue weighted by molar-refractivity contribution is 6.01. The van der Waals surface area contributed by atoms with Crippen molar-refractivity contribution < 1.29 is 19.2 Å². The Morgan fingerprint density at radius 3 is 1.35 bits per heavy atom. The van der Waals surface area contributed by atoms with Crippen LogP contribution in [-0.2, 0) is 9.59 Å². The average molecular weight is 282 g/mol. The summed E-state index contributed by atoms with van der Waals surface area (Å²) in [5, 5.41) is 0. The van der Waals surface area contributed by atoms with Crippen LogP contribution in [0.3, 0.4) is 0 Å². The van der Waals surface area contributed by atoms with Crippen LogP contribution in [0.4, 0.5) is 9.59 Å². The lowest BCUT2D eigenvalue weighted by molar-refractivity contribution is -0.131. The van der Waals surface area contributed by atoms with Crippen molar-refractivity contribution in [2.75, 3.05) is 13.1 Å². The second kappa shape index (κ2) is 4.77. The highest BCUT2D eigenvalue weighted by atomic mass is 16.2. The van der Waals surface area contributed by atoms with Crippen molar-refractivity contribution in [2.24, 2.45) is 0 Å². The van der Waals surface area contributed by atoms with Gasteiger partial charge in [0, 0.05) is 26.9 Å². The first kappa shape index (κ1) is 14.3. The third kappa shape index (κ3) is 1.67. The van der Waals surface area contributed by atoms with E-state index in [-0.39, 0.29) is 0 Å². The Morgan fingerprint density at radius 1 is 0.850 bits per heavy atom. The molecule has 0 aromatic rings. The van der Waals surface area contributed by atoms with Crippen molar-refractivity contribution in [3.63, 3.8) is 0 Å². The quantitative estimate of drug-likeness (QED) is 0.727. The smallest absolute Gasteiger partial charge is 0.299 e. The minimum Gasteiger partial charge on any atom is -0.299 e. The van der Waals surface area contributed by atoms with E-state index in [1.54, 1.807) is 13.8 Å². The van der Waals surface area contributed by atoms with Gasteiger partial charge in [-0.15, -0.1) is 0 Å². The predicted octanol–water partition coefficient (Wildman–Crippen LogP) is 0.247. The van der Waals surface area contributed by atoms with Crippen LogP contribution in [0.5, 0.6) is 0 Å². The zero-order valence-corrected chi connectivity index (χ0v) is 12.0. The van der Waals surface area contributed by atoms with E-state index in [4.69, 9.17) is 0 Å². The molecule has 6 amide bonds. The first-order chi connectivity index (χ1) is 9.36. The lowest BCUT2D eigenvalue weighted by atomic mass is 10.3. The number of nitrogens with zero attached hydrogens (tertiary/aromatic N) is 4. The number of likely N-dealkylation sites (N-methyl/N-ethyl adjacent to an activating group) is 2. The summed E-state index contributed by atoms with van der Waals surface area (Å²) < 4.78 is 0. The number of fused-ring (bicyclic) bond motifs is 1. The summed E-state index contributed by atoms with van der Waals surface area (Å²) in [6.07, 6.45) is -1.47. The van der Waals surface area contributed by atoms with Crippen LogP contribution in [0.15, 0.2) is 0 Å². The highest BCUT2D eigenvalue weighted by Crippen LogP contribution is 2.34. The number of amides is 6. The maximum atomic E-state index is 12.3. The molecule has 0 aromatic heterocycles. The van der Waals surface area contributed by atoms with Gasteiger partial charge < -0.3 is 0 Å². The van der Waals surface area contributed by atoms with E-state index in [9.17, 15) is 19.2 Å². The minimum absolute atomic E-state index is 0.318. The largest absolute Gasteiger partial charge is 0.330 e. The molecule has 0 aromatic carbocycles. The number of urea groups is 2.